The molecule has 1 aliphatic rings. The van der Waals surface area contributed by atoms with E-state index in [0.29, 0.717) is 18.8 Å². The maximum atomic E-state index is 12.2. The summed E-state index contributed by atoms with van der Waals surface area (Å²) in [5.41, 5.74) is 1.26. The Labute approximate surface area is 137 Å². The molecular weight excluding hydrogens is 296 g/mol. The van der Waals surface area contributed by atoms with Crippen molar-refractivity contribution < 1.29 is 15.0 Å². The lowest BCUT2D eigenvalue weighted by molar-refractivity contribution is -0.124. The lowest BCUT2D eigenvalue weighted by Gasteiger charge is -2.27. The third-order valence-electron chi connectivity index (χ3n) is 4.36. The highest BCUT2D eigenvalue weighted by Crippen LogP contribution is 2.18. The van der Waals surface area contributed by atoms with E-state index >= 15 is 0 Å². The molecule has 1 aromatic rings. The van der Waals surface area contributed by atoms with Gasteiger partial charge in [-0.2, -0.15) is 5.10 Å². The van der Waals surface area contributed by atoms with E-state index in [2.05, 4.69) is 22.2 Å². The van der Waals surface area contributed by atoms with Crippen LogP contribution >= 0.6 is 0 Å². The van der Waals surface area contributed by atoms with E-state index in [1.54, 1.807) is 0 Å². The lowest BCUT2D eigenvalue weighted by Crippen LogP contribution is -2.47. The number of carbonyl (C=O) groups excluding carboxylic acids is 1. The van der Waals surface area contributed by atoms with Crippen LogP contribution in [-0.4, -0.2) is 56.0 Å². The van der Waals surface area contributed by atoms with Crippen molar-refractivity contribution in [2.45, 2.75) is 58.3 Å². The topological polar surface area (TPSA) is 90.6 Å². The Bertz CT molecular complexity index is 541. The highest BCUT2D eigenvalue weighted by molar-refractivity contribution is 5.78. The fourth-order valence-electron chi connectivity index (χ4n) is 2.65. The van der Waals surface area contributed by atoms with E-state index in [9.17, 15) is 9.90 Å². The molecule has 7 heteroatoms. The van der Waals surface area contributed by atoms with Crippen molar-refractivity contribution in [1.82, 2.24) is 20.0 Å². The van der Waals surface area contributed by atoms with Gasteiger partial charge in [0.15, 0.2) is 0 Å². The molecule has 130 valence electrons. The van der Waals surface area contributed by atoms with Crippen molar-refractivity contribution in [3.8, 4) is 0 Å². The molecule has 1 atom stereocenters. The fourth-order valence-corrected chi connectivity index (χ4v) is 2.65. The predicted octanol–water partition coefficient (Wildman–Crippen LogP) is 0.419. The van der Waals surface area contributed by atoms with Gasteiger partial charge in [0.2, 0.25) is 5.91 Å². The average molecular weight is 324 g/mol. The van der Waals surface area contributed by atoms with Gasteiger partial charge in [0.25, 0.3) is 0 Å². The third kappa shape index (κ3) is 4.76. The van der Waals surface area contributed by atoms with Gasteiger partial charge in [-0.1, -0.05) is 6.92 Å². The van der Waals surface area contributed by atoms with Crippen LogP contribution in [0.25, 0.3) is 0 Å². The third-order valence-corrected chi connectivity index (χ3v) is 4.36. The summed E-state index contributed by atoms with van der Waals surface area (Å²) in [7, 11) is 0. The first-order valence-electron chi connectivity index (χ1n) is 8.23. The van der Waals surface area contributed by atoms with Crippen LogP contribution in [0.2, 0.25) is 0 Å². The van der Waals surface area contributed by atoms with Crippen molar-refractivity contribution in [3.63, 3.8) is 0 Å². The second-order valence-corrected chi connectivity index (χ2v) is 6.83. The summed E-state index contributed by atoms with van der Waals surface area (Å²) in [4.78, 5) is 14.3. The monoisotopic (exact) mass is 324 g/mol. The van der Waals surface area contributed by atoms with Gasteiger partial charge in [0.05, 0.1) is 24.5 Å². The standard InChI is InChI=1S/C16H28N4O3/c1-4-16(2,3)17-15(23)10-19-6-5-7-20-12(9-19)8-13(18-20)14(22)11-21/h8,14,21-22H,4-7,9-11H2,1-3H3,(H,17,23)/t14-/m0/s1. The fraction of sp³-hybridized carbons (Fsp3) is 0.750. The quantitative estimate of drug-likeness (QED) is 0.705. The second kappa shape index (κ2) is 7.42. The van der Waals surface area contributed by atoms with Crippen LogP contribution in [0.5, 0.6) is 0 Å². The van der Waals surface area contributed by atoms with Crippen molar-refractivity contribution in [2.75, 3.05) is 19.7 Å². The molecule has 0 aromatic carbocycles. The van der Waals surface area contributed by atoms with Gasteiger partial charge >= 0.3 is 0 Å². The number of aliphatic hydroxyl groups is 2. The minimum absolute atomic E-state index is 0.0282. The van der Waals surface area contributed by atoms with Crippen LogP contribution in [-0.2, 0) is 17.9 Å². The molecule has 0 radical (unpaired) electrons. The number of nitrogens with zero attached hydrogens (tertiary/aromatic N) is 3. The number of amides is 1. The molecule has 3 N–H and O–H groups in total. The zero-order valence-corrected chi connectivity index (χ0v) is 14.2. The Morgan fingerprint density at radius 2 is 2.22 bits per heavy atom. The molecule has 7 nitrogen and oxygen atoms in total. The Balaban J connectivity index is 2.00. The molecule has 1 aromatic heterocycles. The second-order valence-electron chi connectivity index (χ2n) is 6.83. The van der Waals surface area contributed by atoms with Crippen LogP contribution in [0, 0.1) is 0 Å². The van der Waals surface area contributed by atoms with Crippen LogP contribution in [0.15, 0.2) is 6.07 Å². The number of carbonyl (C=O) groups is 1. The van der Waals surface area contributed by atoms with Gasteiger partial charge in [0.1, 0.15) is 6.10 Å². The Morgan fingerprint density at radius 1 is 1.48 bits per heavy atom. The highest BCUT2D eigenvalue weighted by Gasteiger charge is 2.23. The van der Waals surface area contributed by atoms with Crippen molar-refractivity contribution in [1.29, 1.82) is 0 Å². The Kier molecular flexibility index (Phi) is 5.78. The minimum Gasteiger partial charge on any atom is -0.393 e. The maximum Gasteiger partial charge on any atom is 0.234 e. The normalized spacial score (nSPS) is 17.4. The average Bonchev–Trinajstić information content (AvgIpc) is 2.79. The van der Waals surface area contributed by atoms with E-state index in [1.165, 1.54) is 0 Å². The molecule has 2 rings (SSSR count). The van der Waals surface area contributed by atoms with Gasteiger partial charge < -0.3 is 15.5 Å². The van der Waals surface area contributed by atoms with Crippen LogP contribution < -0.4 is 5.32 Å². The van der Waals surface area contributed by atoms with E-state index in [1.807, 2.05) is 24.6 Å². The molecule has 0 saturated carbocycles. The SMILES string of the molecule is CCC(C)(C)NC(=O)CN1CCCn2nc([C@@H](O)CO)cc2C1. The van der Waals surface area contributed by atoms with Gasteiger partial charge in [-0.05, 0) is 32.8 Å². The highest BCUT2D eigenvalue weighted by atomic mass is 16.3. The summed E-state index contributed by atoms with van der Waals surface area (Å²) in [5, 5.41) is 26.2. The van der Waals surface area contributed by atoms with Gasteiger partial charge in [-0.25, -0.2) is 0 Å². The molecular formula is C16H28N4O3. The van der Waals surface area contributed by atoms with Crippen molar-refractivity contribution >= 4 is 5.91 Å². The zero-order chi connectivity index (χ0) is 17.0. The van der Waals surface area contributed by atoms with Crippen LogP contribution in [0.4, 0.5) is 0 Å². The minimum atomic E-state index is -0.948. The number of aliphatic hydroxyl groups excluding tert-OH is 2. The number of aromatic nitrogens is 2. The first-order valence-corrected chi connectivity index (χ1v) is 8.23. The summed E-state index contributed by atoms with van der Waals surface area (Å²) in [6.07, 6.45) is 0.832. The van der Waals surface area contributed by atoms with Gasteiger partial charge in [-0.15, -0.1) is 0 Å². The van der Waals surface area contributed by atoms with E-state index < -0.39 is 6.10 Å². The smallest absolute Gasteiger partial charge is 0.234 e. The van der Waals surface area contributed by atoms with Crippen LogP contribution in [0.3, 0.4) is 0 Å². The molecule has 1 aliphatic heterocycles. The molecule has 0 aliphatic carbocycles. The van der Waals surface area contributed by atoms with Crippen LogP contribution in [0.1, 0.15) is 51.1 Å². The van der Waals surface area contributed by atoms with E-state index in [4.69, 9.17) is 5.11 Å². The number of nitrogens with one attached hydrogen (secondary N) is 1. The number of rotatable bonds is 6. The maximum absolute atomic E-state index is 12.2. The van der Waals surface area contributed by atoms with Gasteiger partial charge in [0, 0.05) is 25.2 Å². The largest absolute Gasteiger partial charge is 0.393 e. The van der Waals surface area contributed by atoms with Gasteiger partial charge in [-0.3, -0.25) is 14.4 Å². The molecule has 0 spiro atoms. The molecule has 0 saturated heterocycles. The summed E-state index contributed by atoms with van der Waals surface area (Å²) in [6, 6.07) is 1.81. The summed E-state index contributed by atoms with van der Waals surface area (Å²) in [6.45, 7) is 8.31. The van der Waals surface area contributed by atoms with Crippen molar-refractivity contribution in [2.24, 2.45) is 0 Å². The molecule has 23 heavy (non-hydrogen) atoms. The molecule has 0 bridgehead atoms. The van der Waals surface area contributed by atoms with E-state index in [0.717, 1.165) is 31.6 Å². The molecule has 1 amide bonds. The first-order chi connectivity index (χ1) is 10.8. The van der Waals surface area contributed by atoms with Crippen molar-refractivity contribution in [3.05, 3.63) is 17.5 Å². The first kappa shape index (κ1) is 17.9. The molecule has 2 heterocycles. The Morgan fingerprint density at radius 3 is 2.87 bits per heavy atom. The summed E-state index contributed by atoms with van der Waals surface area (Å²) in [5.74, 6) is 0.0282. The number of aryl methyl sites for hydroxylation is 1. The number of fused-ring (bicyclic) bond motifs is 1. The number of hydrogen-bond donors (Lipinski definition) is 3. The lowest BCUT2D eigenvalue weighted by atomic mass is 10.0. The van der Waals surface area contributed by atoms with E-state index in [-0.39, 0.29) is 18.1 Å². The molecule has 0 fully saturated rings. The predicted molar refractivity (Wildman–Crippen MR) is 86.7 cm³/mol. The summed E-state index contributed by atoms with van der Waals surface area (Å²) < 4.78 is 1.86. The zero-order valence-electron chi connectivity index (χ0n) is 14.2. The number of hydrogen-bond acceptors (Lipinski definition) is 5. The Hall–Kier alpha value is -1.44. The molecule has 0 unspecified atom stereocenters. The summed E-state index contributed by atoms with van der Waals surface area (Å²) >= 11 is 0.